The maximum absolute atomic E-state index is 12.3. The summed E-state index contributed by atoms with van der Waals surface area (Å²) in [5, 5.41) is 0.971. The van der Waals surface area contributed by atoms with Crippen LogP contribution in [0.15, 0.2) is 24.3 Å². The largest absolute Gasteiger partial charge is 0.494 e. The van der Waals surface area contributed by atoms with E-state index in [0.717, 1.165) is 39.7 Å². The zero-order chi connectivity index (χ0) is 19.4. The number of halogens is 1. The Morgan fingerprint density at radius 1 is 1.30 bits per heavy atom. The molecule has 1 aromatic carbocycles. The second kappa shape index (κ2) is 8.48. The molecule has 2 heterocycles. The third kappa shape index (κ3) is 5.36. The Labute approximate surface area is 169 Å². The fraction of sp³-hybridized carbons (Fsp3) is 0.500. The molecule has 27 heavy (non-hydrogen) atoms. The quantitative estimate of drug-likeness (QED) is 0.509. The summed E-state index contributed by atoms with van der Waals surface area (Å²) in [5.41, 5.74) is 1.66. The number of alkyl halides is 1. The second-order valence-electron chi connectivity index (χ2n) is 7.46. The van der Waals surface area contributed by atoms with Gasteiger partial charge in [-0.15, -0.1) is 22.9 Å². The van der Waals surface area contributed by atoms with Gasteiger partial charge in [0.1, 0.15) is 16.4 Å². The molecule has 0 spiro atoms. The highest BCUT2D eigenvalue weighted by atomic mass is 35.5. The molecule has 1 aliphatic rings. The summed E-state index contributed by atoms with van der Waals surface area (Å²) >= 11 is 7.30. The Hall–Kier alpha value is -1.79. The summed E-state index contributed by atoms with van der Waals surface area (Å²) in [6, 6.07) is 7.95. The molecule has 1 aromatic heterocycles. The number of carbonyl (C=O) groups excluding carboxylic acids is 1. The van der Waals surface area contributed by atoms with Crippen molar-refractivity contribution >= 4 is 29.0 Å². The minimum absolute atomic E-state index is 0.262. The summed E-state index contributed by atoms with van der Waals surface area (Å²) < 4.78 is 11.1. The monoisotopic (exact) mass is 408 g/mol. The molecule has 5 nitrogen and oxygen atoms in total. The van der Waals surface area contributed by atoms with Crippen molar-refractivity contribution in [2.24, 2.45) is 0 Å². The van der Waals surface area contributed by atoms with Gasteiger partial charge in [-0.2, -0.15) is 0 Å². The van der Waals surface area contributed by atoms with Crippen LogP contribution >= 0.6 is 22.9 Å². The predicted octanol–water partition coefficient (Wildman–Crippen LogP) is 5.11. The molecule has 0 bridgehead atoms. The predicted molar refractivity (Wildman–Crippen MR) is 109 cm³/mol. The van der Waals surface area contributed by atoms with Crippen molar-refractivity contribution in [2.75, 3.05) is 19.0 Å². The van der Waals surface area contributed by atoms with Crippen LogP contribution in [0.25, 0.3) is 10.6 Å². The lowest BCUT2D eigenvalue weighted by atomic mass is 10.2. The fourth-order valence-corrected chi connectivity index (χ4v) is 3.98. The highest BCUT2D eigenvalue weighted by Crippen LogP contribution is 2.33. The van der Waals surface area contributed by atoms with Crippen LogP contribution < -0.4 is 4.74 Å². The van der Waals surface area contributed by atoms with Gasteiger partial charge in [-0.3, -0.25) is 0 Å². The fourth-order valence-electron chi connectivity index (χ4n) is 2.74. The van der Waals surface area contributed by atoms with Gasteiger partial charge in [0.25, 0.3) is 0 Å². The number of hydrogen-bond acceptors (Lipinski definition) is 5. The van der Waals surface area contributed by atoms with Crippen LogP contribution in [0, 0.1) is 0 Å². The molecular weight excluding hydrogens is 384 g/mol. The summed E-state index contributed by atoms with van der Waals surface area (Å²) in [7, 11) is 0. The molecule has 0 aliphatic carbocycles. The Balaban J connectivity index is 1.67. The van der Waals surface area contributed by atoms with Gasteiger partial charge in [0.2, 0.25) is 0 Å². The highest BCUT2D eigenvalue weighted by molar-refractivity contribution is 7.15. The lowest BCUT2D eigenvalue weighted by Crippen LogP contribution is -2.39. The van der Waals surface area contributed by atoms with Crippen LogP contribution in [0.1, 0.15) is 37.8 Å². The molecule has 0 saturated heterocycles. The molecule has 1 aliphatic heterocycles. The zero-order valence-electron chi connectivity index (χ0n) is 16.0. The first-order chi connectivity index (χ1) is 12.9. The van der Waals surface area contributed by atoms with Gasteiger partial charge in [-0.1, -0.05) is 0 Å². The molecule has 0 saturated carbocycles. The molecule has 0 fully saturated rings. The first-order valence-electron chi connectivity index (χ1n) is 9.11. The number of thiazole rings is 1. The number of amides is 1. The van der Waals surface area contributed by atoms with Gasteiger partial charge in [0.15, 0.2) is 0 Å². The molecule has 7 heteroatoms. The molecule has 3 rings (SSSR count). The molecule has 0 radical (unpaired) electrons. The van der Waals surface area contributed by atoms with Crippen molar-refractivity contribution in [1.29, 1.82) is 0 Å². The highest BCUT2D eigenvalue weighted by Gasteiger charge is 2.28. The van der Waals surface area contributed by atoms with Crippen molar-refractivity contribution in [3.8, 4) is 16.3 Å². The molecule has 0 unspecified atom stereocenters. The average molecular weight is 409 g/mol. The van der Waals surface area contributed by atoms with Crippen LogP contribution in [0.5, 0.6) is 5.75 Å². The van der Waals surface area contributed by atoms with E-state index in [1.54, 1.807) is 16.2 Å². The van der Waals surface area contributed by atoms with Crippen molar-refractivity contribution in [2.45, 2.75) is 45.8 Å². The third-order valence-electron chi connectivity index (χ3n) is 4.03. The topological polar surface area (TPSA) is 51.7 Å². The van der Waals surface area contributed by atoms with Gasteiger partial charge in [0.05, 0.1) is 18.8 Å². The number of nitrogens with zero attached hydrogens (tertiary/aromatic N) is 2. The number of aromatic nitrogens is 1. The number of carbonyl (C=O) groups is 1. The van der Waals surface area contributed by atoms with E-state index in [1.165, 1.54) is 0 Å². The van der Waals surface area contributed by atoms with Gasteiger partial charge < -0.3 is 14.4 Å². The number of ether oxygens (including phenoxy) is 2. The van der Waals surface area contributed by atoms with Crippen molar-refractivity contribution < 1.29 is 14.3 Å². The Morgan fingerprint density at radius 3 is 2.70 bits per heavy atom. The van der Waals surface area contributed by atoms with Crippen LogP contribution in [0.2, 0.25) is 0 Å². The van der Waals surface area contributed by atoms with E-state index in [-0.39, 0.29) is 6.09 Å². The smallest absolute Gasteiger partial charge is 0.410 e. The van der Waals surface area contributed by atoms with E-state index in [1.807, 2.05) is 45.0 Å². The Bertz CT molecular complexity index is 784. The van der Waals surface area contributed by atoms with Gasteiger partial charge in [-0.05, 0) is 51.5 Å². The minimum atomic E-state index is -0.482. The standard InChI is InChI=1S/C20H25ClN2O3S/c1-20(2,3)26-19(24)23-11-9-16-17(13-23)27-18(22-16)14-5-7-15(8-6-14)25-12-4-10-21/h5-8H,4,9-13H2,1-3H3. The third-order valence-corrected chi connectivity index (χ3v) is 5.43. The minimum Gasteiger partial charge on any atom is -0.494 e. The number of rotatable bonds is 5. The lowest BCUT2D eigenvalue weighted by molar-refractivity contribution is 0.0225. The van der Waals surface area contributed by atoms with E-state index in [9.17, 15) is 4.79 Å². The van der Waals surface area contributed by atoms with Crippen LogP contribution in [0.3, 0.4) is 0 Å². The molecular formula is C20H25ClN2O3S. The summed E-state index contributed by atoms with van der Waals surface area (Å²) in [4.78, 5) is 20.0. The zero-order valence-corrected chi connectivity index (χ0v) is 17.5. The van der Waals surface area contributed by atoms with Crippen LogP contribution in [-0.2, 0) is 17.7 Å². The van der Waals surface area contributed by atoms with E-state index in [2.05, 4.69) is 0 Å². The normalized spacial score (nSPS) is 14.0. The molecule has 0 atom stereocenters. The van der Waals surface area contributed by atoms with E-state index < -0.39 is 5.60 Å². The SMILES string of the molecule is CC(C)(C)OC(=O)N1CCc2nc(-c3ccc(OCCCCl)cc3)sc2C1. The maximum atomic E-state index is 12.3. The van der Waals surface area contributed by atoms with Crippen molar-refractivity contribution in [3.05, 3.63) is 34.8 Å². The van der Waals surface area contributed by atoms with E-state index in [4.69, 9.17) is 26.1 Å². The van der Waals surface area contributed by atoms with Gasteiger partial charge in [-0.25, -0.2) is 9.78 Å². The number of hydrogen-bond donors (Lipinski definition) is 0. The Kier molecular flexibility index (Phi) is 6.27. The van der Waals surface area contributed by atoms with Crippen LogP contribution in [-0.4, -0.2) is 40.6 Å². The summed E-state index contributed by atoms with van der Waals surface area (Å²) in [6.07, 6.45) is 1.32. The first kappa shape index (κ1) is 20.0. The number of fused-ring (bicyclic) bond motifs is 1. The number of benzene rings is 1. The first-order valence-corrected chi connectivity index (χ1v) is 10.5. The van der Waals surface area contributed by atoms with E-state index >= 15 is 0 Å². The lowest BCUT2D eigenvalue weighted by Gasteiger charge is -2.29. The molecule has 1 amide bonds. The molecule has 0 N–H and O–H groups in total. The van der Waals surface area contributed by atoms with Crippen LogP contribution in [0.4, 0.5) is 4.79 Å². The maximum Gasteiger partial charge on any atom is 0.410 e. The Morgan fingerprint density at radius 2 is 2.04 bits per heavy atom. The summed E-state index contributed by atoms with van der Waals surface area (Å²) in [5.74, 6) is 1.43. The van der Waals surface area contributed by atoms with Crippen molar-refractivity contribution in [3.63, 3.8) is 0 Å². The van der Waals surface area contributed by atoms with Crippen molar-refractivity contribution in [1.82, 2.24) is 9.88 Å². The second-order valence-corrected chi connectivity index (χ2v) is 8.92. The summed E-state index contributed by atoms with van der Waals surface area (Å²) in [6.45, 7) is 7.46. The molecule has 2 aromatic rings. The van der Waals surface area contributed by atoms with E-state index in [0.29, 0.717) is 25.6 Å². The molecule has 146 valence electrons. The van der Waals surface area contributed by atoms with Gasteiger partial charge in [0, 0.05) is 29.3 Å². The van der Waals surface area contributed by atoms with Gasteiger partial charge >= 0.3 is 6.09 Å². The average Bonchev–Trinajstić information content (AvgIpc) is 3.04.